The fraction of sp³-hybridized carbons (Fsp3) is 0.294. The van der Waals surface area contributed by atoms with Crippen LogP contribution in [0.2, 0.25) is 0 Å². The molecule has 2 aromatic carbocycles. The van der Waals surface area contributed by atoms with Crippen LogP contribution in [0, 0.1) is 0 Å². The van der Waals surface area contributed by atoms with E-state index in [1.54, 1.807) is 12.2 Å². The molecule has 0 amide bonds. The second-order valence-electron chi connectivity index (χ2n) is 12.3. The van der Waals surface area contributed by atoms with Crippen LogP contribution in [-0.2, 0) is 31.6 Å². The van der Waals surface area contributed by atoms with E-state index in [9.17, 15) is 14.7 Å². The molecule has 3 aliphatic carbocycles. The molecule has 2 aromatic rings. The molecule has 5 heteroatoms. The molecule has 3 heterocycles. The van der Waals surface area contributed by atoms with E-state index >= 15 is 0 Å². The largest absolute Gasteiger partial charge is 0.485 e. The number of carbonyl (C=O) groups excluding carboxylic acids is 1. The summed E-state index contributed by atoms with van der Waals surface area (Å²) in [6.45, 7) is 7.47. The van der Waals surface area contributed by atoms with Gasteiger partial charge in [0.25, 0.3) is 0 Å². The minimum atomic E-state index is -0.815. The molecule has 0 aromatic heterocycles. The van der Waals surface area contributed by atoms with Crippen molar-refractivity contribution >= 4 is 28.6 Å². The van der Waals surface area contributed by atoms with Crippen LogP contribution in [0.3, 0.4) is 0 Å². The Labute approximate surface area is 227 Å². The van der Waals surface area contributed by atoms with Crippen LogP contribution in [0.5, 0.6) is 0 Å². The molecule has 3 aliphatic heterocycles. The standard InChI is InChI=1S/C34H29NO4/c1-33(2)25-7-5-4-6-20(25)22-16-23-21(30(22)33)10-11-26-31(23)35-13-12-27-24(32(35)34(26,3)17-29(37)38)14-18-8-9-19(36)15-28(18)39-27/h4-11,14-15,27H,12-13,16-17H2,1-3H3,(H,37,38). The Morgan fingerprint density at radius 2 is 1.87 bits per heavy atom. The van der Waals surface area contributed by atoms with Crippen LogP contribution in [0.4, 0.5) is 5.69 Å². The molecule has 0 fully saturated rings. The topological polar surface area (TPSA) is 66.8 Å². The van der Waals surface area contributed by atoms with E-state index in [4.69, 9.17) is 4.74 Å². The van der Waals surface area contributed by atoms with E-state index in [0.29, 0.717) is 5.76 Å². The fourth-order valence-electron chi connectivity index (χ4n) is 8.21. The second-order valence-corrected chi connectivity index (χ2v) is 12.3. The van der Waals surface area contributed by atoms with Gasteiger partial charge in [-0.25, -0.2) is 0 Å². The number of ether oxygens (including phenoxy) is 1. The molecule has 194 valence electrons. The maximum absolute atomic E-state index is 12.3. The Morgan fingerprint density at radius 1 is 1.05 bits per heavy atom. The highest BCUT2D eigenvalue weighted by molar-refractivity contribution is 6.08. The van der Waals surface area contributed by atoms with Crippen LogP contribution in [0.25, 0.3) is 11.1 Å². The summed E-state index contributed by atoms with van der Waals surface area (Å²) in [5, 5.41) is 10.1. The van der Waals surface area contributed by atoms with Crippen molar-refractivity contribution in [2.24, 2.45) is 0 Å². The summed E-state index contributed by atoms with van der Waals surface area (Å²) in [6.07, 6.45) is 8.47. The first-order chi connectivity index (χ1) is 18.7. The van der Waals surface area contributed by atoms with Crippen molar-refractivity contribution in [3.05, 3.63) is 111 Å². The van der Waals surface area contributed by atoms with E-state index in [-0.39, 0.29) is 23.7 Å². The van der Waals surface area contributed by atoms with Crippen molar-refractivity contribution < 1.29 is 19.4 Å². The number of carbonyl (C=O) groups is 2. The van der Waals surface area contributed by atoms with E-state index < -0.39 is 11.4 Å². The third-order valence-electron chi connectivity index (χ3n) is 9.72. The number of carboxylic acids is 1. The minimum Gasteiger partial charge on any atom is -0.485 e. The Kier molecular flexibility index (Phi) is 4.27. The molecule has 1 N–H and O–H groups in total. The number of rotatable bonds is 2. The molecule has 8 rings (SSSR count). The first-order valence-electron chi connectivity index (χ1n) is 13.7. The lowest BCUT2D eigenvalue weighted by atomic mass is 9.74. The van der Waals surface area contributed by atoms with Gasteiger partial charge >= 0.3 is 5.97 Å². The summed E-state index contributed by atoms with van der Waals surface area (Å²) >= 11 is 0. The SMILES string of the molecule is CC1(C)C2=C(Cc3c2ccc2c3N3CCC4OC5=CC(=O)C=CC5=CC4=C3C2(C)CC(=O)O)c2ccccc21. The fourth-order valence-corrected chi connectivity index (χ4v) is 8.21. The first kappa shape index (κ1) is 22.8. The summed E-state index contributed by atoms with van der Waals surface area (Å²) in [7, 11) is 0. The van der Waals surface area contributed by atoms with Crippen LogP contribution in [0.15, 0.2) is 83.3 Å². The van der Waals surface area contributed by atoms with Crippen LogP contribution in [0.1, 0.15) is 61.4 Å². The van der Waals surface area contributed by atoms with Gasteiger partial charge in [-0.2, -0.15) is 0 Å². The number of hydrogen-bond acceptors (Lipinski definition) is 4. The maximum atomic E-state index is 12.3. The number of benzene rings is 2. The molecular weight excluding hydrogens is 486 g/mol. The average Bonchev–Trinajstić information content (AvgIpc) is 3.48. The predicted octanol–water partition coefficient (Wildman–Crippen LogP) is 6.00. The van der Waals surface area contributed by atoms with Crippen molar-refractivity contribution in [3.8, 4) is 0 Å². The summed E-state index contributed by atoms with van der Waals surface area (Å²) in [4.78, 5) is 26.7. The third kappa shape index (κ3) is 2.80. The van der Waals surface area contributed by atoms with Crippen molar-refractivity contribution in [2.45, 2.75) is 57.0 Å². The van der Waals surface area contributed by atoms with Gasteiger partial charge in [0.05, 0.1) is 6.42 Å². The van der Waals surface area contributed by atoms with Gasteiger partial charge in [0.1, 0.15) is 11.9 Å². The molecule has 0 saturated carbocycles. The third-order valence-corrected chi connectivity index (χ3v) is 9.72. The molecule has 39 heavy (non-hydrogen) atoms. The van der Waals surface area contributed by atoms with E-state index in [2.05, 4.69) is 68.1 Å². The van der Waals surface area contributed by atoms with Gasteiger partial charge in [-0.3, -0.25) is 9.59 Å². The summed E-state index contributed by atoms with van der Waals surface area (Å²) in [5.41, 5.74) is 12.6. The van der Waals surface area contributed by atoms with Gasteiger partial charge in [0.2, 0.25) is 0 Å². The lowest BCUT2D eigenvalue weighted by Crippen LogP contribution is -2.41. The number of allylic oxidation sites excluding steroid dienone is 6. The molecule has 5 nitrogen and oxygen atoms in total. The van der Waals surface area contributed by atoms with Crippen molar-refractivity contribution in [2.75, 3.05) is 11.4 Å². The highest BCUT2D eigenvalue weighted by Crippen LogP contribution is 2.62. The Hall–Kier alpha value is -4.12. The predicted molar refractivity (Wildman–Crippen MR) is 150 cm³/mol. The van der Waals surface area contributed by atoms with Crippen LogP contribution in [-0.4, -0.2) is 29.5 Å². The van der Waals surface area contributed by atoms with Gasteiger partial charge in [-0.1, -0.05) is 50.2 Å². The molecule has 0 spiro atoms. The van der Waals surface area contributed by atoms with Crippen molar-refractivity contribution in [3.63, 3.8) is 0 Å². The molecule has 2 atom stereocenters. The summed E-state index contributed by atoms with van der Waals surface area (Å²) < 4.78 is 6.37. The van der Waals surface area contributed by atoms with E-state index in [0.717, 1.165) is 41.8 Å². The van der Waals surface area contributed by atoms with E-state index in [1.165, 1.54) is 39.1 Å². The quantitative estimate of drug-likeness (QED) is 0.531. The normalized spacial score (nSPS) is 26.6. The Bertz CT molecular complexity index is 1730. The number of ketones is 1. The number of nitrogens with zero attached hydrogens (tertiary/aromatic N) is 1. The molecule has 6 aliphatic rings. The molecule has 0 bridgehead atoms. The lowest BCUT2D eigenvalue weighted by molar-refractivity contribution is -0.138. The summed E-state index contributed by atoms with van der Waals surface area (Å²) in [6, 6.07) is 13.2. The second kappa shape index (κ2) is 7.29. The highest BCUT2D eigenvalue weighted by atomic mass is 16.5. The molecule has 0 saturated heterocycles. The van der Waals surface area contributed by atoms with Crippen molar-refractivity contribution in [1.29, 1.82) is 0 Å². The zero-order chi connectivity index (χ0) is 26.8. The van der Waals surface area contributed by atoms with Gasteiger partial charge < -0.3 is 14.7 Å². The molecular formula is C34H29NO4. The minimum absolute atomic E-state index is 0.00248. The van der Waals surface area contributed by atoms with Gasteiger partial charge in [-0.15, -0.1) is 0 Å². The maximum Gasteiger partial charge on any atom is 0.304 e. The van der Waals surface area contributed by atoms with E-state index in [1.807, 2.05) is 6.08 Å². The monoisotopic (exact) mass is 515 g/mol. The number of carboxylic acid groups (broad SMARTS) is 1. The number of hydrogen-bond donors (Lipinski definition) is 1. The van der Waals surface area contributed by atoms with Gasteiger partial charge in [0, 0.05) is 58.8 Å². The number of fused-ring (bicyclic) bond motifs is 10. The lowest BCUT2D eigenvalue weighted by Gasteiger charge is -2.41. The van der Waals surface area contributed by atoms with Gasteiger partial charge in [0.15, 0.2) is 5.78 Å². The Morgan fingerprint density at radius 3 is 2.69 bits per heavy atom. The van der Waals surface area contributed by atoms with Crippen LogP contribution >= 0.6 is 0 Å². The molecule has 0 radical (unpaired) electrons. The molecule has 2 unspecified atom stereocenters. The van der Waals surface area contributed by atoms with Crippen LogP contribution < -0.4 is 4.90 Å². The smallest absolute Gasteiger partial charge is 0.304 e. The first-order valence-corrected chi connectivity index (χ1v) is 13.7. The zero-order valence-electron chi connectivity index (χ0n) is 22.3. The number of aliphatic carboxylic acids is 1. The van der Waals surface area contributed by atoms with Crippen molar-refractivity contribution in [1.82, 2.24) is 0 Å². The van der Waals surface area contributed by atoms with Gasteiger partial charge in [-0.05, 0) is 64.1 Å². The Balaban J connectivity index is 1.34. The zero-order valence-corrected chi connectivity index (χ0v) is 22.3. The number of anilines is 1. The summed E-state index contributed by atoms with van der Waals surface area (Å²) in [5.74, 6) is -0.270. The highest BCUT2D eigenvalue weighted by Gasteiger charge is 2.53. The average molecular weight is 516 g/mol.